The fraction of sp³-hybridized carbons (Fsp3) is 0.833. The van der Waals surface area contributed by atoms with Gasteiger partial charge in [0.05, 0.1) is 6.67 Å². The fourth-order valence-electron chi connectivity index (χ4n) is 0.435. The predicted octanol–water partition coefficient (Wildman–Crippen LogP) is 2.30. The Morgan fingerprint density at radius 3 is 2.25 bits per heavy atom. The van der Waals surface area contributed by atoms with Crippen molar-refractivity contribution in [3.63, 3.8) is 0 Å². The quantitative estimate of drug-likeness (QED) is 0.537. The van der Waals surface area contributed by atoms with Gasteiger partial charge in [-0.15, -0.1) is 0 Å². The molecule has 0 N–H and O–H groups in total. The summed E-state index contributed by atoms with van der Waals surface area (Å²) >= 11 is 0. The van der Waals surface area contributed by atoms with E-state index in [-0.39, 0.29) is 12.8 Å². The highest BCUT2D eigenvalue weighted by atomic mass is 19.1. The van der Waals surface area contributed by atoms with Crippen molar-refractivity contribution in [2.24, 2.45) is 0 Å². The van der Waals surface area contributed by atoms with Gasteiger partial charge in [0.25, 0.3) is 0 Å². The van der Waals surface area contributed by atoms with Crippen LogP contribution in [0, 0.1) is 6.92 Å². The average molecular weight is 121 g/mol. The highest BCUT2D eigenvalue weighted by Gasteiger charge is 2.13. The van der Waals surface area contributed by atoms with Gasteiger partial charge in [-0.3, -0.25) is 4.39 Å². The summed E-state index contributed by atoms with van der Waals surface area (Å²) in [6.07, 6.45) is 0.486. The lowest BCUT2D eigenvalue weighted by atomic mass is 10.1. The zero-order valence-corrected chi connectivity index (χ0v) is 5.08. The van der Waals surface area contributed by atoms with Crippen LogP contribution in [0.3, 0.4) is 0 Å². The molecule has 0 amide bonds. The lowest BCUT2D eigenvalue weighted by molar-refractivity contribution is 0.224. The Bertz CT molecular complexity index is 54.0. The third kappa shape index (κ3) is 5.86. The lowest BCUT2D eigenvalue weighted by Gasteiger charge is -2.10. The van der Waals surface area contributed by atoms with Crippen molar-refractivity contribution < 1.29 is 8.78 Å². The van der Waals surface area contributed by atoms with E-state index < -0.39 is 12.3 Å². The molecule has 0 heterocycles. The molecule has 0 aliphatic rings. The molecule has 0 bridgehead atoms. The second-order valence-electron chi connectivity index (χ2n) is 2.21. The molecule has 0 saturated carbocycles. The third-order valence-electron chi connectivity index (χ3n) is 0.832. The highest BCUT2D eigenvalue weighted by Crippen LogP contribution is 2.14. The lowest BCUT2D eigenvalue weighted by Crippen LogP contribution is -2.11. The zero-order chi connectivity index (χ0) is 6.62. The minimum Gasteiger partial charge on any atom is -0.251 e. The van der Waals surface area contributed by atoms with E-state index in [2.05, 4.69) is 6.92 Å². The number of hydrogen-bond donors (Lipinski definition) is 0. The molecule has 0 rings (SSSR count). The summed E-state index contributed by atoms with van der Waals surface area (Å²) in [6, 6.07) is 0. The van der Waals surface area contributed by atoms with Crippen LogP contribution in [0.5, 0.6) is 0 Å². The van der Waals surface area contributed by atoms with E-state index in [0.29, 0.717) is 0 Å². The van der Waals surface area contributed by atoms with Crippen LogP contribution in [0.2, 0.25) is 0 Å². The third-order valence-corrected chi connectivity index (χ3v) is 0.832. The van der Waals surface area contributed by atoms with Crippen molar-refractivity contribution in [3.8, 4) is 0 Å². The van der Waals surface area contributed by atoms with Crippen molar-refractivity contribution in [3.05, 3.63) is 6.92 Å². The van der Waals surface area contributed by atoms with Crippen molar-refractivity contribution in [2.45, 2.75) is 25.4 Å². The molecule has 8 heavy (non-hydrogen) atoms. The largest absolute Gasteiger partial charge is 0.251 e. The van der Waals surface area contributed by atoms with Crippen LogP contribution in [0.4, 0.5) is 8.78 Å². The first-order chi connectivity index (χ1) is 3.56. The first-order valence-electron chi connectivity index (χ1n) is 2.66. The Labute approximate surface area is 48.9 Å². The van der Waals surface area contributed by atoms with E-state index in [1.54, 1.807) is 0 Å². The molecule has 49 valence electrons. The summed E-state index contributed by atoms with van der Waals surface area (Å²) < 4.78 is 23.6. The van der Waals surface area contributed by atoms with E-state index in [9.17, 15) is 8.78 Å². The average Bonchev–Trinajstić information content (AvgIpc) is 1.59. The Hall–Kier alpha value is -0.140. The standard InChI is InChI=1S/C6H11F2/c1-6(2,8)4-3-5-7/h1,3-5H2,2H3. The Kier molecular flexibility index (Phi) is 2.95. The van der Waals surface area contributed by atoms with Gasteiger partial charge in [-0.2, -0.15) is 0 Å². The van der Waals surface area contributed by atoms with Gasteiger partial charge in [-0.1, -0.05) is 0 Å². The van der Waals surface area contributed by atoms with E-state index in [0.717, 1.165) is 0 Å². The van der Waals surface area contributed by atoms with E-state index in [4.69, 9.17) is 0 Å². The molecule has 0 aliphatic heterocycles. The van der Waals surface area contributed by atoms with E-state index >= 15 is 0 Å². The van der Waals surface area contributed by atoms with Crippen LogP contribution in [0.1, 0.15) is 19.8 Å². The smallest absolute Gasteiger partial charge is 0.108 e. The monoisotopic (exact) mass is 121 g/mol. The molecule has 0 aliphatic carbocycles. The van der Waals surface area contributed by atoms with Crippen molar-refractivity contribution in [2.75, 3.05) is 6.67 Å². The molecule has 2 heteroatoms. The predicted molar refractivity (Wildman–Crippen MR) is 30.1 cm³/mol. The van der Waals surface area contributed by atoms with Gasteiger partial charge in [0.2, 0.25) is 0 Å². The minimum atomic E-state index is -1.44. The Balaban J connectivity index is 3.11. The minimum absolute atomic E-state index is 0.212. The van der Waals surface area contributed by atoms with Gasteiger partial charge >= 0.3 is 0 Å². The first-order valence-corrected chi connectivity index (χ1v) is 2.66. The highest BCUT2D eigenvalue weighted by molar-refractivity contribution is 4.74. The Morgan fingerprint density at radius 2 is 2.12 bits per heavy atom. The number of halogens is 2. The molecule has 0 fully saturated rings. The maximum Gasteiger partial charge on any atom is 0.108 e. The first kappa shape index (κ1) is 7.86. The van der Waals surface area contributed by atoms with Crippen LogP contribution >= 0.6 is 0 Å². The SMILES string of the molecule is [CH2]C(C)(F)CCCF. The van der Waals surface area contributed by atoms with Crippen LogP contribution < -0.4 is 0 Å². The molecule has 0 nitrogen and oxygen atoms in total. The number of rotatable bonds is 3. The summed E-state index contributed by atoms with van der Waals surface area (Å²) in [6.45, 7) is 4.08. The fourth-order valence-corrected chi connectivity index (χ4v) is 0.435. The molecule has 1 unspecified atom stereocenters. The van der Waals surface area contributed by atoms with Gasteiger partial charge in [-0.05, 0) is 26.7 Å². The van der Waals surface area contributed by atoms with Crippen LogP contribution in [-0.4, -0.2) is 12.3 Å². The van der Waals surface area contributed by atoms with E-state index in [1.807, 2.05) is 0 Å². The molecule has 0 aromatic carbocycles. The van der Waals surface area contributed by atoms with Crippen molar-refractivity contribution in [1.82, 2.24) is 0 Å². The molecular formula is C6H11F2. The molecule has 0 saturated heterocycles. The maximum absolute atomic E-state index is 12.3. The second-order valence-corrected chi connectivity index (χ2v) is 2.21. The van der Waals surface area contributed by atoms with Crippen molar-refractivity contribution in [1.29, 1.82) is 0 Å². The molecule has 0 aromatic rings. The van der Waals surface area contributed by atoms with E-state index in [1.165, 1.54) is 6.92 Å². The summed E-state index contributed by atoms with van der Waals surface area (Å²) in [5.74, 6) is 0. The molecule has 0 spiro atoms. The van der Waals surface area contributed by atoms with Crippen molar-refractivity contribution >= 4 is 0 Å². The summed E-state index contributed by atoms with van der Waals surface area (Å²) in [4.78, 5) is 0. The van der Waals surface area contributed by atoms with Gasteiger partial charge < -0.3 is 0 Å². The molecule has 1 radical (unpaired) electrons. The molecule has 0 aromatic heterocycles. The number of alkyl halides is 2. The van der Waals surface area contributed by atoms with Gasteiger partial charge in [0.15, 0.2) is 0 Å². The van der Waals surface area contributed by atoms with Gasteiger partial charge in [0.1, 0.15) is 5.67 Å². The molecule has 1 atom stereocenters. The normalized spacial score (nSPS) is 12.0. The van der Waals surface area contributed by atoms with Gasteiger partial charge in [-0.25, -0.2) is 4.39 Å². The zero-order valence-electron chi connectivity index (χ0n) is 5.08. The second kappa shape index (κ2) is 3.00. The van der Waals surface area contributed by atoms with Crippen LogP contribution in [-0.2, 0) is 0 Å². The van der Waals surface area contributed by atoms with Gasteiger partial charge in [0, 0.05) is 0 Å². The maximum atomic E-state index is 12.3. The summed E-state index contributed by atoms with van der Waals surface area (Å²) in [5, 5.41) is 0. The topological polar surface area (TPSA) is 0 Å². The summed E-state index contributed by atoms with van der Waals surface area (Å²) in [5.41, 5.74) is -1.44. The van der Waals surface area contributed by atoms with Crippen LogP contribution in [0.25, 0.3) is 0 Å². The number of hydrogen-bond acceptors (Lipinski definition) is 0. The van der Waals surface area contributed by atoms with Crippen LogP contribution in [0.15, 0.2) is 0 Å². The molecular weight excluding hydrogens is 110 g/mol. The Morgan fingerprint density at radius 1 is 1.62 bits per heavy atom. The summed E-state index contributed by atoms with van der Waals surface area (Å²) in [7, 11) is 0.